The Labute approximate surface area is 188 Å². The zero-order valence-corrected chi connectivity index (χ0v) is 17.3. The molecule has 0 amide bonds. The number of anilines is 1. The van der Waals surface area contributed by atoms with E-state index in [-0.39, 0.29) is 33.5 Å². The molecule has 33 heavy (non-hydrogen) atoms. The number of allylic oxidation sites excluding steroid dienone is 2. The minimum Gasteiger partial charge on any atom is -0.507 e. The van der Waals surface area contributed by atoms with E-state index in [9.17, 15) is 24.9 Å². The number of ketones is 2. The van der Waals surface area contributed by atoms with Gasteiger partial charge in [-0.15, -0.1) is 0 Å². The lowest BCUT2D eigenvalue weighted by molar-refractivity contribution is 0.0867. The maximum atomic E-state index is 13.6. The van der Waals surface area contributed by atoms with Crippen molar-refractivity contribution in [1.29, 1.82) is 0 Å². The molecule has 0 radical (unpaired) electrons. The third kappa shape index (κ3) is 2.21. The highest BCUT2D eigenvalue weighted by Crippen LogP contribution is 2.67. The van der Waals surface area contributed by atoms with Crippen LogP contribution in [-0.2, 0) is 10.3 Å². The van der Waals surface area contributed by atoms with Gasteiger partial charge in [0.15, 0.2) is 28.9 Å². The second kappa shape index (κ2) is 6.34. The van der Waals surface area contributed by atoms with Crippen LogP contribution >= 0.6 is 0 Å². The second-order valence-electron chi connectivity index (χ2n) is 8.47. The number of nitrogens with one attached hydrogen (secondary N) is 1. The molecule has 162 valence electrons. The summed E-state index contributed by atoms with van der Waals surface area (Å²) >= 11 is 0. The first-order valence-corrected chi connectivity index (χ1v) is 10.4. The van der Waals surface area contributed by atoms with E-state index < -0.39 is 46.8 Å². The Morgan fingerprint density at radius 1 is 1.06 bits per heavy atom. The van der Waals surface area contributed by atoms with Crippen LogP contribution in [0.4, 0.5) is 5.69 Å². The number of fused-ring (bicyclic) bond motifs is 4. The molecular formula is C26H17NO6. The van der Waals surface area contributed by atoms with E-state index in [1.54, 1.807) is 24.3 Å². The zero-order chi connectivity index (χ0) is 23.1. The van der Waals surface area contributed by atoms with Crippen LogP contribution in [0.1, 0.15) is 44.3 Å². The van der Waals surface area contributed by atoms with Gasteiger partial charge < -0.3 is 25.4 Å². The van der Waals surface area contributed by atoms with E-state index in [0.717, 1.165) is 0 Å². The zero-order valence-electron chi connectivity index (χ0n) is 17.3. The van der Waals surface area contributed by atoms with Crippen molar-refractivity contribution in [2.24, 2.45) is 0 Å². The molecule has 4 N–H and O–H groups in total. The molecule has 7 nitrogen and oxygen atoms in total. The highest BCUT2D eigenvalue weighted by Gasteiger charge is 2.82. The molecule has 5 atom stereocenters. The maximum absolute atomic E-state index is 13.6. The Hall–Kier alpha value is -3.88. The van der Waals surface area contributed by atoms with Crippen molar-refractivity contribution in [2.75, 3.05) is 5.32 Å². The number of phenols is 1. The van der Waals surface area contributed by atoms with Crippen molar-refractivity contribution >= 4 is 17.3 Å². The molecule has 1 saturated heterocycles. The molecule has 7 heteroatoms. The topological polar surface area (TPSA) is 119 Å². The number of hydrogen-bond donors (Lipinski definition) is 4. The summed E-state index contributed by atoms with van der Waals surface area (Å²) in [5, 5.41) is 36.0. The van der Waals surface area contributed by atoms with E-state index in [1.807, 2.05) is 0 Å². The molecular weight excluding hydrogens is 422 g/mol. The minimum atomic E-state index is -1.56. The number of epoxide rings is 1. The van der Waals surface area contributed by atoms with Crippen LogP contribution < -0.4 is 5.32 Å². The lowest BCUT2D eigenvalue weighted by Crippen LogP contribution is -2.54. The molecule has 6 rings (SSSR count). The van der Waals surface area contributed by atoms with Gasteiger partial charge in [-0.2, -0.15) is 0 Å². The molecule has 1 fully saturated rings. The fourth-order valence-corrected chi connectivity index (χ4v) is 5.39. The quantitative estimate of drug-likeness (QED) is 0.256. The number of rotatable bonds is 1. The summed E-state index contributed by atoms with van der Waals surface area (Å²) in [5.74, 6) is 9.90. The predicted octanol–water partition coefficient (Wildman–Crippen LogP) is 1.24. The van der Waals surface area contributed by atoms with Crippen LogP contribution in [0.5, 0.6) is 5.75 Å². The van der Waals surface area contributed by atoms with Crippen molar-refractivity contribution in [3.05, 3.63) is 70.3 Å². The van der Waals surface area contributed by atoms with Gasteiger partial charge >= 0.3 is 0 Å². The van der Waals surface area contributed by atoms with Crippen LogP contribution in [-0.4, -0.2) is 50.7 Å². The molecule has 2 aromatic rings. The van der Waals surface area contributed by atoms with Crippen molar-refractivity contribution < 1.29 is 29.6 Å². The summed E-state index contributed by atoms with van der Waals surface area (Å²) in [7, 11) is 0. The number of phenolic OH excluding ortho intramolecular Hbond substituents is 1. The molecule has 0 unspecified atom stereocenters. The molecule has 0 spiro atoms. The second-order valence-corrected chi connectivity index (χ2v) is 8.47. The van der Waals surface area contributed by atoms with Gasteiger partial charge in [0, 0.05) is 16.7 Å². The summed E-state index contributed by atoms with van der Waals surface area (Å²) in [4.78, 5) is 26.8. The first-order valence-electron chi connectivity index (χ1n) is 10.4. The van der Waals surface area contributed by atoms with Crippen molar-refractivity contribution in [3.8, 4) is 29.4 Å². The van der Waals surface area contributed by atoms with Crippen LogP contribution in [0.15, 0.2) is 42.5 Å². The van der Waals surface area contributed by atoms with Gasteiger partial charge in [0.25, 0.3) is 0 Å². The molecule has 2 heterocycles. The lowest BCUT2D eigenvalue weighted by atomic mass is 9.69. The first kappa shape index (κ1) is 19.8. The molecule has 2 aliphatic heterocycles. The Morgan fingerprint density at radius 3 is 2.36 bits per heavy atom. The number of hydrogen-bond acceptors (Lipinski definition) is 7. The fraction of sp³-hybridized carbons (Fsp3) is 0.231. The van der Waals surface area contributed by atoms with Crippen LogP contribution in [0, 0.1) is 23.7 Å². The maximum Gasteiger partial charge on any atom is 0.198 e. The minimum absolute atomic E-state index is 0.0117. The number of benzene rings is 2. The van der Waals surface area contributed by atoms with Crippen LogP contribution in [0.2, 0.25) is 0 Å². The SMILES string of the molecule is C[C@H](O)[C@]12O[C@]13c1cc(O)c4c(c1N[C@H]2C#C/C=C\C#C[C@H]3O)C(=O)c1ccccc1C4=O. The summed E-state index contributed by atoms with van der Waals surface area (Å²) in [5.41, 5.74) is -2.18. The monoisotopic (exact) mass is 439 g/mol. The smallest absolute Gasteiger partial charge is 0.198 e. The molecule has 2 aromatic carbocycles. The normalized spacial score (nSPS) is 31.6. The van der Waals surface area contributed by atoms with E-state index in [2.05, 4.69) is 29.0 Å². The lowest BCUT2D eigenvalue weighted by Gasteiger charge is -2.37. The van der Waals surface area contributed by atoms with Gasteiger partial charge in [0.2, 0.25) is 0 Å². The van der Waals surface area contributed by atoms with Gasteiger partial charge in [-0.25, -0.2) is 0 Å². The van der Waals surface area contributed by atoms with Gasteiger partial charge in [-0.05, 0) is 25.1 Å². The molecule has 2 aliphatic carbocycles. The van der Waals surface area contributed by atoms with Gasteiger partial charge in [-0.3, -0.25) is 9.59 Å². The predicted molar refractivity (Wildman–Crippen MR) is 117 cm³/mol. The van der Waals surface area contributed by atoms with Crippen LogP contribution in [0.25, 0.3) is 0 Å². The largest absolute Gasteiger partial charge is 0.507 e. The number of aliphatic hydroxyl groups is 2. The van der Waals surface area contributed by atoms with E-state index >= 15 is 0 Å². The van der Waals surface area contributed by atoms with Gasteiger partial charge in [-0.1, -0.05) is 47.9 Å². The standard InChI is InChI=1S/C26H17NO6/c1-13(28)25-18-10-4-2-3-5-11-19(30)26(25,33-25)16-12-17(29)20-21(22(16)27-18)24(32)15-9-7-6-8-14(15)23(20)31/h2-3,6-9,12-13,18-19,27-30H,1H3/b3-2-/t13-,18-,19+,25+,26-/m0/s1. The summed E-state index contributed by atoms with van der Waals surface area (Å²) in [6.45, 7) is 1.52. The number of carbonyl (C=O) groups is 2. The van der Waals surface area contributed by atoms with E-state index in [1.165, 1.54) is 25.1 Å². The Balaban J connectivity index is 1.69. The first-order chi connectivity index (χ1) is 15.8. The van der Waals surface area contributed by atoms with E-state index in [0.29, 0.717) is 0 Å². The summed E-state index contributed by atoms with van der Waals surface area (Å²) in [6, 6.07) is 6.88. The van der Waals surface area contributed by atoms with Gasteiger partial charge in [0.05, 0.1) is 22.9 Å². The third-order valence-corrected chi connectivity index (χ3v) is 6.87. The highest BCUT2D eigenvalue weighted by atomic mass is 16.7. The van der Waals surface area contributed by atoms with Gasteiger partial charge in [0.1, 0.15) is 11.8 Å². The molecule has 4 aliphatic rings. The number of aliphatic hydroxyl groups excluding tert-OH is 2. The van der Waals surface area contributed by atoms with Crippen molar-refractivity contribution in [2.45, 2.75) is 36.4 Å². The third-order valence-electron chi connectivity index (χ3n) is 6.87. The average molecular weight is 439 g/mol. The molecule has 2 bridgehead atoms. The summed E-state index contributed by atoms with van der Waals surface area (Å²) in [6.07, 6.45) is 0.511. The Kier molecular flexibility index (Phi) is 3.80. The van der Waals surface area contributed by atoms with Crippen molar-refractivity contribution in [1.82, 2.24) is 0 Å². The number of carbonyl (C=O) groups excluding carboxylic acids is 2. The van der Waals surface area contributed by atoms with E-state index in [4.69, 9.17) is 4.74 Å². The number of ether oxygens (including phenoxy) is 1. The van der Waals surface area contributed by atoms with Crippen molar-refractivity contribution in [3.63, 3.8) is 0 Å². The number of aromatic hydroxyl groups is 1. The fourth-order valence-electron chi connectivity index (χ4n) is 5.39. The highest BCUT2D eigenvalue weighted by molar-refractivity contribution is 6.31. The molecule has 0 aromatic heterocycles. The Morgan fingerprint density at radius 2 is 1.70 bits per heavy atom. The summed E-state index contributed by atoms with van der Waals surface area (Å²) < 4.78 is 6.12. The van der Waals surface area contributed by atoms with Crippen LogP contribution in [0.3, 0.4) is 0 Å². The molecule has 0 saturated carbocycles. The average Bonchev–Trinajstić information content (AvgIpc) is 3.53. The Bertz CT molecular complexity index is 1450.